The zero-order valence-corrected chi connectivity index (χ0v) is 15.4. The van der Waals surface area contributed by atoms with Crippen molar-refractivity contribution in [3.8, 4) is 23.1 Å². The molecule has 140 valence electrons. The van der Waals surface area contributed by atoms with Crippen LogP contribution in [-0.4, -0.2) is 37.4 Å². The highest BCUT2D eigenvalue weighted by Gasteiger charge is 2.34. The molecule has 0 radical (unpaired) electrons. The summed E-state index contributed by atoms with van der Waals surface area (Å²) < 4.78 is 9.27. The molecule has 0 aliphatic heterocycles. The van der Waals surface area contributed by atoms with Gasteiger partial charge < -0.3 is 14.4 Å². The summed E-state index contributed by atoms with van der Waals surface area (Å²) >= 11 is 0. The van der Waals surface area contributed by atoms with Gasteiger partial charge >= 0.3 is 0 Å². The van der Waals surface area contributed by atoms with Gasteiger partial charge in [-0.3, -0.25) is 4.57 Å². The number of methoxy groups -OCH3 is 1. The second-order valence-electron chi connectivity index (χ2n) is 6.89. The van der Waals surface area contributed by atoms with Gasteiger partial charge in [-0.1, -0.05) is 24.3 Å². The molecular formula is C22H20N4O2. The molecule has 1 aliphatic carbocycles. The van der Waals surface area contributed by atoms with Crippen molar-refractivity contribution in [2.75, 3.05) is 7.11 Å². The van der Waals surface area contributed by atoms with E-state index in [4.69, 9.17) is 4.74 Å². The third-order valence-electron chi connectivity index (χ3n) is 5.33. The summed E-state index contributed by atoms with van der Waals surface area (Å²) in [6.45, 7) is 0. The molecule has 2 aromatic carbocycles. The Labute approximate surface area is 162 Å². The maximum atomic E-state index is 10.8. The van der Waals surface area contributed by atoms with Crippen LogP contribution in [-0.2, 0) is 6.42 Å². The Morgan fingerprint density at radius 1 is 0.964 bits per heavy atom. The first-order valence-corrected chi connectivity index (χ1v) is 9.23. The Bertz CT molecular complexity index is 1110. The van der Waals surface area contributed by atoms with Crippen molar-refractivity contribution in [2.24, 2.45) is 0 Å². The first-order valence-electron chi connectivity index (χ1n) is 9.23. The fraction of sp³-hybridized carbons (Fsp3) is 0.182. The van der Waals surface area contributed by atoms with Crippen LogP contribution in [0.4, 0.5) is 0 Å². The van der Waals surface area contributed by atoms with E-state index >= 15 is 0 Å². The van der Waals surface area contributed by atoms with Crippen molar-refractivity contribution in [1.82, 2.24) is 19.1 Å². The van der Waals surface area contributed by atoms with E-state index in [0.717, 1.165) is 28.6 Å². The maximum absolute atomic E-state index is 10.8. The quantitative estimate of drug-likeness (QED) is 0.597. The second kappa shape index (κ2) is 6.65. The summed E-state index contributed by atoms with van der Waals surface area (Å²) in [6, 6.07) is 15.8. The third-order valence-corrected chi connectivity index (χ3v) is 5.33. The molecule has 0 spiro atoms. The van der Waals surface area contributed by atoms with Crippen LogP contribution in [0.2, 0.25) is 0 Å². The van der Waals surface area contributed by atoms with Crippen molar-refractivity contribution < 1.29 is 9.84 Å². The second-order valence-corrected chi connectivity index (χ2v) is 6.89. The molecule has 4 aromatic rings. The number of rotatable bonds is 4. The predicted molar refractivity (Wildman–Crippen MR) is 106 cm³/mol. The maximum Gasteiger partial charge on any atom is 0.181 e. The molecule has 0 saturated heterocycles. The molecule has 0 bridgehead atoms. The van der Waals surface area contributed by atoms with Gasteiger partial charge in [-0.25, -0.2) is 9.97 Å². The van der Waals surface area contributed by atoms with Gasteiger partial charge in [0, 0.05) is 36.9 Å². The number of hydrogen-bond donors (Lipinski definition) is 1. The van der Waals surface area contributed by atoms with Crippen LogP contribution in [0.15, 0.2) is 73.3 Å². The Kier molecular flexibility index (Phi) is 3.98. The lowest BCUT2D eigenvalue weighted by Gasteiger charge is -2.20. The normalized spacial score (nSPS) is 18.2. The van der Waals surface area contributed by atoms with Crippen molar-refractivity contribution in [3.63, 3.8) is 0 Å². The van der Waals surface area contributed by atoms with Gasteiger partial charge in [0.05, 0.1) is 19.3 Å². The lowest BCUT2D eigenvalue weighted by atomic mass is 10.1. The van der Waals surface area contributed by atoms with E-state index in [9.17, 15) is 5.11 Å². The summed E-state index contributed by atoms with van der Waals surface area (Å²) in [4.78, 5) is 9.13. The van der Waals surface area contributed by atoms with Crippen LogP contribution in [0.25, 0.3) is 17.3 Å². The minimum atomic E-state index is -0.491. The van der Waals surface area contributed by atoms with Crippen molar-refractivity contribution in [3.05, 3.63) is 84.4 Å². The van der Waals surface area contributed by atoms with Crippen molar-refractivity contribution in [2.45, 2.75) is 18.6 Å². The molecule has 0 amide bonds. The Balaban J connectivity index is 1.59. The minimum absolute atomic E-state index is 0.172. The molecule has 6 heteroatoms. The van der Waals surface area contributed by atoms with Gasteiger partial charge in [0.25, 0.3) is 0 Å². The van der Waals surface area contributed by atoms with Gasteiger partial charge in [-0.05, 0) is 35.4 Å². The molecule has 5 rings (SSSR count). The SMILES string of the molecule is COc1ccc(-n2ccnc2-c2nccn2[C@@H]2c3ccccc3C[C@@H]2O)cc1. The molecule has 2 atom stereocenters. The van der Waals surface area contributed by atoms with E-state index in [-0.39, 0.29) is 6.04 Å². The Morgan fingerprint density at radius 3 is 2.54 bits per heavy atom. The summed E-state index contributed by atoms with van der Waals surface area (Å²) in [6.07, 6.45) is 7.50. The highest BCUT2D eigenvalue weighted by Crippen LogP contribution is 2.37. The Morgan fingerprint density at radius 2 is 1.71 bits per heavy atom. The highest BCUT2D eigenvalue weighted by atomic mass is 16.5. The van der Waals surface area contributed by atoms with Crippen LogP contribution in [0, 0.1) is 0 Å². The topological polar surface area (TPSA) is 65.1 Å². The standard InChI is InChI=1S/C22H20N4O2/c1-28-17-8-6-16(7-9-17)25-12-10-23-21(25)22-24-11-13-26(22)20-18-5-3-2-4-15(18)14-19(20)27/h2-13,19-20,27H,14H2,1H3/t19-,20+/m0/s1. The number of aliphatic hydroxyl groups excluding tert-OH is 1. The van der Waals surface area contributed by atoms with Crippen LogP contribution in [0.5, 0.6) is 5.75 Å². The Hall–Kier alpha value is -3.38. The van der Waals surface area contributed by atoms with E-state index in [1.807, 2.05) is 57.9 Å². The monoisotopic (exact) mass is 372 g/mol. The van der Waals surface area contributed by atoms with Gasteiger partial charge in [0.2, 0.25) is 0 Å². The van der Waals surface area contributed by atoms with E-state index in [1.54, 1.807) is 19.5 Å². The van der Waals surface area contributed by atoms with Gasteiger partial charge in [0.15, 0.2) is 11.6 Å². The van der Waals surface area contributed by atoms with Crippen LogP contribution in [0.3, 0.4) is 0 Å². The van der Waals surface area contributed by atoms with E-state index in [0.29, 0.717) is 6.42 Å². The van der Waals surface area contributed by atoms with Gasteiger partial charge in [0.1, 0.15) is 5.75 Å². The number of nitrogens with zero attached hydrogens (tertiary/aromatic N) is 4. The van der Waals surface area contributed by atoms with Gasteiger partial charge in [-0.2, -0.15) is 0 Å². The number of aromatic nitrogens is 4. The van der Waals surface area contributed by atoms with E-state index < -0.39 is 6.10 Å². The molecule has 0 fully saturated rings. The zero-order chi connectivity index (χ0) is 19.1. The number of benzene rings is 2. The molecular weight excluding hydrogens is 352 g/mol. The number of imidazole rings is 2. The molecule has 6 nitrogen and oxygen atoms in total. The zero-order valence-electron chi connectivity index (χ0n) is 15.4. The lowest BCUT2D eigenvalue weighted by molar-refractivity contribution is 0.145. The fourth-order valence-corrected chi connectivity index (χ4v) is 4.02. The number of fused-ring (bicyclic) bond motifs is 1. The van der Waals surface area contributed by atoms with E-state index in [2.05, 4.69) is 22.1 Å². The average molecular weight is 372 g/mol. The van der Waals surface area contributed by atoms with Crippen molar-refractivity contribution >= 4 is 0 Å². The minimum Gasteiger partial charge on any atom is -0.497 e. The largest absolute Gasteiger partial charge is 0.497 e. The fourth-order valence-electron chi connectivity index (χ4n) is 4.02. The summed E-state index contributed by atoms with van der Waals surface area (Å²) in [5, 5.41) is 10.8. The molecule has 2 heterocycles. The lowest BCUT2D eigenvalue weighted by Crippen LogP contribution is -2.21. The summed E-state index contributed by atoms with van der Waals surface area (Å²) in [5.74, 6) is 2.26. The average Bonchev–Trinajstić information content (AvgIpc) is 3.44. The summed E-state index contributed by atoms with van der Waals surface area (Å²) in [7, 11) is 1.65. The molecule has 2 aromatic heterocycles. The predicted octanol–water partition coefficient (Wildman–Crippen LogP) is 3.25. The molecule has 0 saturated carbocycles. The summed E-state index contributed by atoms with van der Waals surface area (Å²) in [5.41, 5.74) is 3.28. The first kappa shape index (κ1) is 16.8. The third kappa shape index (κ3) is 2.61. The van der Waals surface area contributed by atoms with Crippen LogP contribution < -0.4 is 4.74 Å². The number of hydrogen-bond acceptors (Lipinski definition) is 4. The van der Waals surface area contributed by atoms with Crippen molar-refractivity contribution in [1.29, 1.82) is 0 Å². The van der Waals surface area contributed by atoms with Gasteiger partial charge in [-0.15, -0.1) is 0 Å². The molecule has 1 N–H and O–H groups in total. The van der Waals surface area contributed by atoms with E-state index in [1.165, 1.54) is 5.56 Å². The highest BCUT2D eigenvalue weighted by molar-refractivity contribution is 5.53. The van der Waals surface area contributed by atoms with Crippen LogP contribution in [0.1, 0.15) is 17.2 Å². The molecule has 0 unspecified atom stereocenters. The molecule has 1 aliphatic rings. The number of aliphatic hydroxyl groups is 1. The number of ether oxygens (including phenoxy) is 1. The smallest absolute Gasteiger partial charge is 0.181 e. The first-order chi connectivity index (χ1) is 13.8. The van der Waals surface area contributed by atoms with Crippen LogP contribution >= 0.6 is 0 Å². The molecule has 28 heavy (non-hydrogen) atoms.